The Labute approximate surface area is 147 Å². The Balaban J connectivity index is 2.01. The van der Waals surface area contributed by atoms with Crippen LogP contribution >= 0.6 is 0 Å². The van der Waals surface area contributed by atoms with Gasteiger partial charge in [-0.05, 0) is 37.4 Å². The molecule has 7 heteroatoms. The van der Waals surface area contributed by atoms with Crippen LogP contribution in [0.3, 0.4) is 0 Å². The SMILES string of the molecule is CC(C)CNC(=O)c1ccccc1NC(=O)CN1CCC[C@@H]1C(=O)O. The number of rotatable bonds is 7. The summed E-state index contributed by atoms with van der Waals surface area (Å²) in [6.07, 6.45) is 1.31. The summed E-state index contributed by atoms with van der Waals surface area (Å²) in [5, 5.41) is 14.7. The molecule has 136 valence electrons. The average molecular weight is 347 g/mol. The quantitative estimate of drug-likeness (QED) is 0.695. The molecule has 1 atom stereocenters. The number of carbonyl (C=O) groups excluding carboxylic acids is 2. The summed E-state index contributed by atoms with van der Waals surface area (Å²) >= 11 is 0. The van der Waals surface area contributed by atoms with E-state index in [9.17, 15) is 19.5 Å². The van der Waals surface area contributed by atoms with Gasteiger partial charge in [-0.3, -0.25) is 19.3 Å². The Morgan fingerprint density at radius 1 is 1.28 bits per heavy atom. The highest BCUT2D eigenvalue weighted by atomic mass is 16.4. The minimum Gasteiger partial charge on any atom is -0.480 e. The number of amides is 2. The number of aliphatic carboxylic acids is 1. The summed E-state index contributed by atoms with van der Waals surface area (Å²) in [5.74, 6) is -1.14. The molecule has 3 N–H and O–H groups in total. The van der Waals surface area contributed by atoms with Crippen molar-refractivity contribution in [2.24, 2.45) is 5.92 Å². The molecule has 1 heterocycles. The monoisotopic (exact) mass is 347 g/mol. The first-order valence-corrected chi connectivity index (χ1v) is 8.52. The number of likely N-dealkylation sites (tertiary alicyclic amines) is 1. The van der Waals surface area contributed by atoms with Crippen molar-refractivity contribution in [2.45, 2.75) is 32.7 Å². The van der Waals surface area contributed by atoms with E-state index < -0.39 is 12.0 Å². The molecular formula is C18H25N3O4. The lowest BCUT2D eigenvalue weighted by atomic mass is 10.1. The second kappa shape index (κ2) is 8.62. The van der Waals surface area contributed by atoms with Gasteiger partial charge in [0.2, 0.25) is 5.91 Å². The Kier molecular flexibility index (Phi) is 6.52. The summed E-state index contributed by atoms with van der Waals surface area (Å²) in [7, 11) is 0. The van der Waals surface area contributed by atoms with Gasteiger partial charge in [0.15, 0.2) is 0 Å². The van der Waals surface area contributed by atoms with Gasteiger partial charge in [-0.25, -0.2) is 0 Å². The normalized spacial score (nSPS) is 17.5. The molecule has 1 aliphatic heterocycles. The van der Waals surface area contributed by atoms with E-state index in [1.54, 1.807) is 29.2 Å². The number of benzene rings is 1. The Morgan fingerprint density at radius 2 is 2.00 bits per heavy atom. The molecule has 0 spiro atoms. The standard InChI is InChI=1S/C18H25N3O4/c1-12(2)10-19-17(23)13-6-3-4-7-14(13)20-16(22)11-21-9-5-8-15(21)18(24)25/h3-4,6-7,12,15H,5,8-11H2,1-2H3,(H,19,23)(H,20,22)(H,24,25)/t15-/m1/s1. The fourth-order valence-electron chi connectivity index (χ4n) is 2.85. The van der Waals surface area contributed by atoms with Gasteiger partial charge in [0.25, 0.3) is 5.91 Å². The van der Waals surface area contributed by atoms with Crippen LogP contribution in [0.2, 0.25) is 0 Å². The zero-order chi connectivity index (χ0) is 18.4. The third kappa shape index (κ3) is 5.29. The van der Waals surface area contributed by atoms with Crippen LogP contribution in [0.25, 0.3) is 0 Å². The Bertz CT molecular complexity index is 645. The number of carboxylic acids is 1. The molecule has 2 amide bonds. The molecule has 2 rings (SSSR count). The highest BCUT2D eigenvalue weighted by Crippen LogP contribution is 2.18. The molecular weight excluding hydrogens is 322 g/mol. The maximum absolute atomic E-state index is 12.3. The van der Waals surface area contributed by atoms with Gasteiger partial charge in [-0.1, -0.05) is 26.0 Å². The molecule has 1 saturated heterocycles. The summed E-state index contributed by atoms with van der Waals surface area (Å²) in [4.78, 5) is 37.4. The number of anilines is 1. The summed E-state index contributed by atoms with van der Waals surface area (Å²) in [6, 6.07) is 6.18. The fraction of sp³-hybridized carbons (Fsp3) is 0.500. The minimum atomic E-state index is -0.904. The number of hydrogen-bond acceptors (Lipinski definition) is 4. The molecule has 1 fully saturated rings. The molecule has 1 aliphatic rings. The predicted octanol–water partition coefficient (Wildman–Crippen LogP) is 1.56. The molecule has 1 aromatic carbocycles. The number of nitrogens with zero attached hydrogens (tertiary/aromatic N) is 1. The van der Waals surface area contributed by atoms with Crippen molar-refractivity contribution in [3.05, 3.63) is 29.8 Å². The van der Waals surface area contributed by atoms with E-state index in [4.69, 9.17) is 0 Å². The molecule has 0 radical (unpaired) electrons. The van der Waals surface area contributed by atoms with Crippen LogP contribution in [0.1, 0.15) is 37.0 Å². The molecule has 0 saturated carbocycles. The van der Waals surface area contributed by atoms with Crippen molar-refractivity contribution in [2.75, 3.05) is 25.0 Å². The molecule has 0 aromatic heterocycles. The average Bonchev–Trinajstić information content (AvgIpc) is 3.01. The first-order chi connectivity index (χ1) is 11.9. The molecule has 7 nitrogen and oxygen atoms in total. The first-order valence-electron chi connectivity index (χ1n) is 8.52. The molecule has 25 heavy (non-hydrogen) atoms. The number of carboxylic acid groups (broad SMARTS) is 1. The van der Waals surface area contributed by atoms with Crippen LogP contribution < -0.4 is 10.6 Å². The lowest BCUT2D eigenvalue weighted by Gasteiger charge is -2.20. The molecule has 1 aromatic rings. The second-order valence-corrected chi connectivity index (χ2v) is 6.66. The molecule has 0 bridgehead atoms. The van der Waals surface area contributed by atoms with Gasteiger partial charge in [0.05, 0.1) is 17.8 Å². The van der Waals surface area contributed by atoms with Crippen LogP contribution in [0.5, 0.6) is 0 Å². The van der Waals surface area contributed by atoms with E-state index in [-0.39, 0.29) is 18.4 Å². The third-order valence-electron chi connectivity index (χ3n) is 4.11. The molecule has 0 aliphatic carbocycles. The van der Waals surface area contributed by atoms with E-state index in [0.717, 1.165) is 6.42 Å². The predicted molar refractivity (Wildman–Crippen MR) is 94.5 cm³/mol. The van der Waals surface area contributed by atoms with E-state index in [2.05, 4.69) is 10.6 Å². The van der Waals surface area contributed by atoms with Gasteiger partial charge in [0.1, 0.15) is 6.04 Å². The van der Waals surface area contributed by atoms with E-state index in [1.807, 2.05) is 13.8 Å². The van der Waals surface area contributed by atoms with Crippen LogP contribution in [0.15, 0.2) is 24.3 Å². The van der Waals surface area contributed by atoms with Crippen molar-refractivity contribution in [1.82, 2.24) is 10.2 Å². The minimum absolute atomic E-state index is 0.00108. The van der Waals surface area contributed by atoms with Crippen molar-refractivity contribution < 1.29 is 19.5 Å². The second-order valence-electron chi connectivity index (χ2n) is 6.66. The maximum Gasteiger partial charge on any atom is 0.320 e. The van der Waals surface area contributed by atoms with E-state index >= 15 is 0 Å². The topological polar surface area (TPSA) is 98.7 Å². The fourth-order valence-corrected chi connectivity index (χ4v) is 2.85. The highest BCUT2D eigenvalue weighted by molar-refractivity contribution is 6.04. The van der Waals surface area contributed by atoms with Gasteiger partial charge >= 0.3 is 5.97 Å². The van der Waals surface area contributed by atoms with Crippen LogP contribution in [-0.2, 0) is 9.59 Å². The zero-order valence-electron chi connectivity index (χ0n) is 14.6. The van der Waals surface area contributed by atoms with E-state index in [0.29, 0.717) is 36.7 Å². The Hall–Kier alpha value is -2.41. The third-order valence-corrected chi connectivity index (χ3v) is 4.11. The van der Waals surface area contributed by atoms with Gasteiger partial charge in [-0.2, -0.15) is 0 Å². The smallest absolute Gasteiger partial charge is 0.320 e. The zero-order valence-corrected chi connectivity index (χ0v) is 14.6. The van der Waals surface area contributed by atoms with Crippen molar-refractivity contribution >= 4 is 23.5 Å². The first kappa shape index (κ1) is 18.9. The van der Waals surface area contributed by atoms with Crippen molar-refractivity contribution in [3.63, 3.8) is 0 Å². The highest BCUT2D eigenvalue weighted by Gasteiger charge is 2.31. The lowest BCUT2D eigenvalue weighted by molar-refractivity contribution is -0.142. The van der Waals surface area contributed by atoms with Crippen LogP contribution in [-0.4, -0.2) is 53.5 Å². The number of para-hydroxylation sites is 1. The number of carbonyl (C=O) groups is 3. The Morgan fingerprint density at radius 3 is 2.68 bits per heavy atom. The summed E-state index contributed by atoms with van der Waals surface area (Å²) in [6.45, 7) is 5.14. The number of hydrogen-bond donors (Lipinski definition) is 3. The van der Waals surface area contributed by atoms with Gasteiger partial charge in [0, 0.05) is 6.54 Å². The lowest BCUT2D eigenvalue weighted by Crippen LogP contribution is -2.41. The molecule has 0 unspecified atom stereocenters. The van der Waals surface area contributed by atoms with Crippen molar-refractivity contribution in [1.29, 1.82) is 0 Å². The van der Waals surface area contributed by atoms with Crippen molar-refractivity contribution in [3.8, 4) is 0 Å². The maximum atomic E-state index is 12.3. The summed E-state index contributed by atoms with van der Waals surface area (Å²) < 4.78 is 0. The summed E-state index contributed by atoms with van der Waals surface area (Å²) in [5.41, 5.74) is 0.826. The number of nitrogens with one attached hydrogen (secondary N) is 2. The van der Waals surface area contributed by atoms with Crippen LogP contribution in [0, 0.1) is 5.92 Å². The largest absolute Gasteiger partial charge is 0.480 e. The van der Waals surface area contributed by atoms with E-state index in [1.165, 1.54) is 0 Å². The van der Waals surface area contributed by atoms with Gasteiger partial charge < -0.3 is 15.7 Å². The van der Waals surface area contributed by atoms with Crippen LogP contribution in [0.4, 0.5) is 5.69 Å². The van der Waals surface area contributed by atoms with Gasteiger partial charge in [-0.15, -0.1) is 0 Å².